The minimum Gasteiger partial charge on any atom is -0.481 e. The normalized spacial score (nSPS) is 29.8. The molecule has 2 saturated heterocycles. The molecule has 3 fully saturated rings. The summed E-state index contributed by atoms with van der Waals surface area (Å²) < 4.78 is 0. The number of carboxylic acids is 1. The molecule has 1 aliphatic carbocycles. The van der Waals surface area contributed by atoms with Crippen molar-refractivity contribution in [2.24, 2.45) is 11.8 Å². The van der Waals surface area contributed by atoms with Crippen LogP contribution in [-0.2, 0) is 14.4 Å². The van der Waals surface area contributed by atoms with Gasteiger partial charge in [0, 0.05) is 32.1 Å². The average molecular weight is 322 g/mol. The predicted molar refractivity (Wildman–Crippen MR) is 83.6 cm³/mol. The summed E-state index contributed by atoms with van der Waals surface area (Å²) in [6.45, 7) is 1.44. The first kappa shape index (κ1) is 16.3. The molecule has 1 saturated carbocycles. The lowest BCUT2D eigenvalue weighted by atomic mass is 9.94. The quantitative estimate of drug-likeness (QED) is 0.854. The zero-order chi connectivity index (χ0) is 16.4. The van der Waals surface area contributed by atoms with E-state index in [0.717, 1.165) is 19.3 Å². The van der Waals surface area contributed by atoms with Crippen molar-refractivity contribution < 1.29 is 19.5 Å². The van der Waals surface area contributed by atoms with E-state index in [0.29, 0.717) is 38.5 Å². The maximum Gasteiger partial charge on any atom is 0.308 e. The lowest BCUT2D eigenvalue weighted by molar-refractivity contribution is -0.146. The highest BCUT2D eigenvalue weighted by Gasteiger charge is 2.40. The molecule has 3 aliphatic rings. The average Bonchev–Trinajstić information content (AvgIpc) is 2.97. The minimum atomic E-state index is -0.825. The molecule has 2 atom stereocenters. The Balaban J connectivity index is 1.60. The number of hydrogen-bond donors (Lipinski definition) is 1. The van der Waals surface area contributed by atoms with E-state index >= 15 is 0 Å². The lowest BCUT2D eigenvalue weighted by Crippen LogP contribution is -2.45. The van der Waals surface area contributed by atoms with Gasteiger partial charge >= 0.3 is 5.97 Å². The van der Waals surface area contributed by atoms with Gasteiger partial charge in [0.15, 0.2) is 0 Å². The van der Waals surface area contributed by atoms with Gasteiger partial charge in [-0.05, 0) is 25.7 Å². The molecule has 0 spiro atoms. The number of carbonyl (C=O) groups is 3. The third-order valence-electron chi connectivity index (χ3n) is 5.61. The molecular formula is C17H26N2O4. The Morgan fingerprint density at radius 3 is 2.39 bits per heavy atom. The molecule has 6 nitrogen and oxygen atoms in total. The smallest absolute Gasteiger partial charge is 0.308 e. The second-order valence-electron chi connectivity index (χ2n) is 7.20. The summed E-state index contributed by atoms with van der Waals surface area (Å²) in [5.41, 5.74) is 0. The zero-order valence-electron chi connectivity index (χ0n) is 13.6. The van der Waals surface area contributed by atoms with Gasteiger partial charge in [-0.25, -0.2) is 0 Å². The standard InChI is InChI=1S/C17H26N2O4/c20-15-9-13(11-19(15)14-6-2-1-3-7-14)16(21)18-8-4-5-12(10-18)17(22)23/h12-14H,1-11H2,(H,22,23)/t12-,13-/m1/s1. The molecule has 0 unspecified atom stereocenters. The van der Waals surface area contributed by atoms with Crippen molar-refractivity contribution in [3.8, 4) is 0 Å². The highest BCUT2D eigenvalue weighted by Crippen LogP contribution is 2.30. The molecule has 6 heteroatoms. The molecule has 2 aliphatic heterocycles. The molecule has 128 valence electrons. The summed E-state index contributed by atoms with van der Waals surface area (Å²) in [5.74, 6) is -1.49. The van der Waals surface area contributed by atoms with Crippen molar-refractivity contribution in [2.75, 3.05) is 19.6 Å². The van der Waals surface area contributed by atoms with Gasteiger partial charge in [0.1, 0.15) is 0 Å². The van der Waals surface area contributed by atoms with E-state index in [1.807, 2.05) is 4.90 Å². The van der Waals surface area contributed by atoms with Gasteiger partial charge < -0.3 is 14.9 Å². The molecule has 2 heterocycles. The first-order valence-corrected chi connectivity index (χ1v) is 8.87. The fourth-order valence-electron chi connectivity index (χ4n) is 4.28. The van der Waals surface area contributed by atoms with E-state index in [9.17, 15) is 14.4 Å². The number of carboxylic acid groups (broad SMARTS) is 1. The summed E-state index contributed by atoms with van der Waals surface area (Å²) in [6.07, 6.45) is 7.34. The number of nitrogens with zero attached hydrogens (tertiary/aromatic N) is 2. The molecule has 0 aromatic rings. The fraction of sp³-hybridized carbons (Fsp3) is 0.824. The van der Waals surface area contributed by atoms with Crippen LogP contribution in [0.1, 0.15) is 51.4 Å². The molecule has 0 aromatic carbocycles. The molecule has 1 N–H and O–H groups in total. The minimum absolute atomic E-state index is 0.0254. The number of hydrogen-bond acceptors (Lipinski definition) is 3. The van der Waals surface area contributed by atoms with Crippen molar-refractivity contribution in [1.82, 2.24) is 9.80 Å². The van der Waals surface area contributed by atoms with Crippen LogP contribution in [0.2, 0.25) is 0 Å². The first-order chi connectivity index (χ1) is 11.1. The number of piperidine rings is 1. The van der Waals surface area contributed by atoms with Crippen molar-refractivity contribution >= 4 is 17.8 Å². The van der Waals surface area contributed by atoms with Gasteiger partial charge in [-0.2, -0.15) is 0 Å². The summed E-state index contributed by atoms with van der Waals surface area (Å²) in [5, 5.41) is 9.16. The van der Waals surface area contributed by atoms with E-state index in [1.165, 1.54) is 19.3 Å². The van der Waals surface area contributed by atoms with E-state index < -0.39 is 11.9 Å². The Kier molecular flexibility index (Phi) is 4.87. The van der Waals surface area contributed by atoms with Crippen molar-refractivity contribution in [2.45, 2.75) is 57.4 Å². The molecular weight excluding hydrogens is 296 g/mol. The second kappa shape index (κ2) is 6.89. The SMILES string of the molecule is O=C(O)[C@@H]1CCCN(C(=O)[C@@H]2CC(=O)N(C3CCCCC3)C2)C1. The van der Waals surface area contributed by atoms with Crippen molar-refractivity contribution in [3.63, 3.8) is 0 Å². The summed E-state index contributed by atoms with van der Waals surface area (Å²) in [7, 11) is 0. The number of carbonyl (C=O) groups excluding carboxylic acids is 2. The van der Waals surface area contributed by atoms with Gasteiger partial charge in [0.05, 0.1) is 11.8 Å². The van der Waals surface area contributed by atoms with Crippen LogP contribution in [-0.4, -0.2) is 58.4 Å². The van der Waals surface area contributed by atoms with Gasteiger partial charge in [0.2, 0.25) is 11.8 Å². The summed E-state index contributed by atoms with van der Waals surface area (Å²) in [4.78, 5) is 39.7. The van der Waals surface area contributed by atoms with Crippen LogP contribution in [0.5, 0.6) is 0 Å². The number of aliphatic carboxylic acids is 1. The fourth-order valence-corrected chi connectivity index (χ4v) is 4.28. The second-order valence-corrected chi connectivity index (χ2v) is 7.20. The predicted octanol–water partition coefficient (Wildman–Crippen LogP) is 1.49. The van der Waals surface area contributed by atoms with Crippen LogP contribution < -0.4 is 0 Å². The number of rotatable bonds is 3. The Labute approximate surface area is 136 Å². The third-order valence-corrected chi connectivity index (χ3v) is 5.61. The Morgan fingerprint density at radius 1 is 0.957 bits per heavy atom. The highest BCUT2D eigenvalue weighted by molar-refractivity contribution is 5.89. The topological polar surface area (TPSA) is 77.9 Å². The maximum atomic E-state index is 12.7. The largest absolute Gasteiger partial charge is 0.481 e. The lowest BCUT2D eigenvalue weighted by Gasteiger charge is -2.33. The molecule has 2 amide bonds. The summed E-state index contributed by atoms with van der Waals surface area (Å²) in [6, 6.07) is 0.308. The van der Waals surface area contributed by atoms with Crippen LogP contribution in [0.25, 0.3) is 0 Å². The van der Waals surface area contributed by atoms with Crippen molar-refractivity contribution in [3.05, 3.63) is 0 Å². The Bertz CT molecular complexity index is 487. The van der Waals surface area contributed by atoms with Gasteiger partial charge in [-0.3, -0.25) is 14.4 Å². The Hall–Kier alpha value is -1.59. The van der Waals surface area contributed by atoms with Crippen LogP contribution in [0.3, 0.4) is 0 Å². The third kappa shape index (κ3) is 3.51. The molecule has 0 radical (unpaired) electrons. The zero-order valence-corrected chi connectivity index (χ0v) is 13.6. The monoisotopic (exact) mass is 322 g/mol. The molecule has 3 rings (SSSR count). The maximum absolute atomic E-state index is 12.7. The van der Waals surface area contributed by atoms with E-state index in [1.54, 1.807) is 4.90 Å². The first-order valence-electron chi connectivity index (χ1n) is 8.87. The van der Waals surface area contributed by atoms with E-state index in [4.69, 9.17) is 5.11 Å². The molecule has 23 heavy (non-hydrogen) atoms. The van der Waals surface area contributed by atoms with Crippen LogP contribution in [0, 0.1) is 11.8 Å². The van der Waals surface area contributed by atoms with E-state index in [2.05, 4.69) is 0 Å². The van der Waals surface area contributed by atoms with Crippen LogP contribution in [0.15, 0.2) is 0 Å². The van der Waals surface area contributed by atoms with Crippen LogP contribution in [0.4, 0.5) is 0 Å². The van der Waals surface area contributed by atoms with Crippen molar-refractivity contribution in [1.29, 1.82) is 0 Å². The summed E-state index contributed by atoms with van der Waals surface area (Å²) >= 11 is 0. The highest BCUT2D eigenvalue weighted by atomic mass is 16.4. The van der Waals surface area contributed by atoms with Gasteiger partial charge in [-0.1, -0.05) is 19.3 Å². The van der Waals surface area contributed by atoms with Gasteiger partial charge in [0.25, 0.3) is 0 Å². The number of likely N-dealkylation sites (tertiary alicyclic amines) is 2. The van der Waals surface area contributed by atoms with E-state index in [-0.39, 0.29) is 17.7 Å². The van der Waals surface area contributed by atoms with Gasteiger partial charge in [-0.15, -0.1) is 0 Å². The molecule has 0 bridgehead atoms. The Morgan fingerprint density at radius 2 is 1.70 bits per heavy atom. The van der Waals surface area contributed by atoms with Crippen LogP contribution >= 0.6 is 0 Å². The number of amides is 2. The molecule has 0 aromatic heterocycles.